The Morgan fingerprint density at radius 2 is 1.84 bits per heavy atom. The van der Waals surface area contributed by atoms with Crippen LogP contribution < -0.4 is 8.91 Å². The third-order valence-corrected chi connectivity index (χ3v) is 3.27. The van der Waals surface area contributed by atoms with E-state index >= 15 is 0 Å². The van der Waals surface area contributed by atoms with Gasteiger partial charge in [0.2, 0.25) is 0 Å². The van der Waals surface area contributed by atoms with Crippen LogP contribution in [0.3, 0.4) is 0 Å². The lowest BCUT2D eigenvalue weighted by Crippen LogP contribution is -2.12. The predicted octanol–water partition coefficient (Wildman–Crippen LogP) is 3.08. The average Bonchev–Trinajstić information content (AvgIpc) is 2.35. The molecule has 100 valence electrons. The number of nitrogens with one attached hydrogen (secondary N) is 1. The van der Waals surface area contributed by atoms with Crippen molar-refractivity contribution in [2.24, 2.45) is 0 Å². The first kappa shape index (κ1) is 13.4. The Hall–Kier alpha value is -2.01. The van der Waals surface area contributed by atoms with E-state index < -0.39 is 11.3 Å². The van der Waals surface area contributed by atoms with Gasteiger partial charge in [0.1, 0.15) is 11.5 Å². The number of phenols is 1. The number of hydrogen-bond donors (Lipinski definition) is 2. The number of phenolic OH excluding ortho intramolecular Hbond substituents is 1. The van der Waals surface area contributed by atoms with Crippen LogP contribution in [-0.4, -0.2) is 9.32 Å². The number of benzene rings is 2. The van der Waals surface area contributed by atoms with Gasteiger partial charge in [0, 0.05) is 0 Å². The van der Waals surface area contributed by atoms with Crippen molar-refractivity contribution in [3.63, 3.8) is 0 Å². The maximum atomic E-state index is 11.8. The van der Waals surface area contributed by atoms with Crippen LogP contribution in [0.25, 0.3) is 0 Å². The standard InChI is InChI=1S/C14H15NO3S/c1-10-8-11(2)14(13(16)9-10)15-19(17)18-12-6-4-3-5-7-12/h3-9,15-16H,1-2H3. The fourth-order valence-corrected chi connectivity index (χ4v) is 2.51. The van der Waals surface area contributed by atoms with Crippen molar-refractivity contribution in [1.29, 1.82) is 0 Å². The maximum absolute atomic E-state index is 11.8. The average molecular weight is 277 g/mol. The van der Waals surface area contributed by atoms with Crippen molar-refractivity contribution < 1.29 is 13.5 Å². The molecule has 0 aromatic heterocycles. The molecule has 0 aliphatic heterocycles. The summed E-state index contributed by atoms with van der Waals surface area (Å²) >= 11 is -1.76. The Labute approximate surface area is 114 Å². The van der Waals surface area contributed by atoms with Crippen molar-refractivity contribution in [1.82, 2.24) is 0 Å². The molecule has 0 fully saturated rings. The number of aromatic hydroxyl groups is 1. The smallest absolute Gasteiger partial charge is 0.316 e. The van der Waals surface area contributed by atoms with Gasteiger partial charge in [-0.2, -0.15) is 4.21 Å². The number of anilines is 1. The van der Waals surface area contributed by atoms with Gasteiger partial charge < -0.3 is 9.29 Å². The van der Waals surface area contributed by atoms with E-state index in [2.05, 4.69) is 4.72 Å². The molecule has 0 aliphatic rings. The summed E-state index contributed by atoms with van der Waals surface area (Å²) in [7, 11) is 0. The van der Waals surface area contributed by atoms with Gasteiger partial charge in [0.15, 0.2) is 0 Å². The van der Waals surface area contributed by atoms with Gasteiger partial charge in [-0.25, -0.2) is 0 Å². The fourth-order valence-electron chi connectivity index (χ4n) is 1.75. The predicted molar refractivity (Wildman–Crippen MR) is 76.4 cm³/mol. The summed E-state index contributed by atoms with van der Waals surface area (Å²) in [5, 5.41) is 9.83. The van der Waals surface area contributed by atoms with Gasteiger partial charge in [-0.05, 0) is 43.2 Å². The molecule has 0 heterocycles. The van der Waals surface area contributed by atoms with Crippen LogP contribution >= 0.6 is 0 Å². The van der Waals surface area contributed by atoms with Gasteiger partial charge in [-0.15, -0.1) is 0 Å². The summed E-state index contributed by atoms with van der Waals surface area (Å²) in [5.41, 5.74) is 2.16. The molecule has 1 unspecified atom stereocenters. The van der Waals surface area contributed by atoms with Crippen LogP contribution in [-0.2, 0) is 11.3 Å². The molecule has 0 amide bonds. The van der Waals surface area contributed by atoms with E-state index in [-0.39, 0.29) is 5.75 Å². The van der Waals surface area contributed by atoms with Crippen molar-refractivity contribution >= 4 is 17.0 Å². The highest BCUT2D eigenvalue weighted by atomic mass is 32.2. The van der Waals surface area contributed by atoms with Gasteiger partial charge in [-0.1, -0.05) is 24.3 Å². The molecule has 2 aromatic rings. The summed E-state index contributed by atoms with van der Waals surface area (Å²) in [5.74, 6) is 0.556. The van der Waals surface area contributed by atoms with Crippen LogP contribution in [0.15, 0.2) is 42.5 Å². The third kappa shape index (κ3) is 3.48. The minimum atomic E-state index is -1.76. The molecule has 0 spiro atoms. The molecule has 0 saturated carbocycles. The number of rotatable bonds is 4. The van der Waals surface area contributed by atoms with Gasteiger partial charge in [0.25, 0.3) is 0 Å². The normalized spacial score (nSPS) is 11.9. The Balaban J connectivity index is 2.12. The largest absolute Gasteiger partial charge is 0.506 e. The molecule has 0 radical (unpaired) electrons. The zero-order valence-corrected chi connectivity index (χ0v) is 11.5. The lowest BCUT2D eigenvalue weighted by molar-refractivity contribution is 0.476. The van der Waals surface area contributed by atoms with E-state index in [1.54, 1.807) is 30.3 Å². The van der Waals surface area contributed by atoms with E-state index in [1.807, 2.05) is 26.0 Å². The Morgan fingerprint density at radius 1 is 1.16 bits per heavy atom. The van der Waals surface area contributed by atoms with Crippen molar-refractivity contribution in [3.8, 4) is 11.5 Å². The molecule has 2 aromatic carbocycles. The molecular weight excluding hydrogens is 262 g/mol. The molecule has 2 rings (SSSR count). The number of para-hydroxylation sites is 1. The van der Waals surface area contributed by atoms with Gasteiger partial charge in [-0.3, -0.25) is 4.72 Å². The second kappa shape index (κ2) is 5.75. The highest BCUT2D eigenvalue weighted by molar-refractivity contribution is 7.82. The van der Waals surface area contributed by atoms with Crippen LogP contribution in [0.5, 0.6) is 11.5 Å². The third-order valence-electron chi connectivity index (χ3n) is 2.56. The fraction of sp³-hybridized carbons (Fsp3) is 0.143. The molecule has 1 atom stereocenters. The van der Waals surface area contributed by atoms with E-state index in [0.717, 1.165) is 11.1 Å². The van der Waals surface area contributed by atoms with Crippen LogP contribution in [0.4, 0.5) is 5.69 Å². The second-order valence-corrected chi connectivity index (χ2v) is 5.05. The van der Waals surface area contributed by atoms with E-state index in [1.165, 1.54) is 0 Å². The SMILES string of the molecule is Cc1cc(C)c(NS(=O)Oc2ccccc2)c(O)c1. The first-order chi connectivity index (χ1) is 9.06. The monoisotopic (exact) mass is 277 g/mol. The topological polar surface area (TPSA) is 58.6 Å². The molecular formula is C14H15NO3S. The molecule has 4 nitrogen and oxygen atoms in total. The summed E-state index contributed by atoms with van der Waals surface area (Å²) in [6, 6.07) is 12.3. The first-order valence-corrected chi connectivity index (χ1v) is 6.86. The Morgan fingerprint density at radius 3 is 2.47 bits per heavy atom. The maximum Gasteiger partial charge on any atom is 0.316 e. The summed E-state index contributed by atoms with van der Waals surface area (Å²) in [6.45, 7) is 3.71. The first-order valence-electron chi connectivity index (χ1n) is 5.78. The summed E-state index contributed by atoms with van der Waals surface area (Å²) < 4.78 is 19.7. The van der Waals surface area contributed by atoms with Crippen molar-refractivity contribution in [2.45, 2.75) is 13.8 Å². The zero-order valence-electron chi connectivity index (χ0n) is 10.7. The number of aryl methyl sites for hydroxylation is 2. The quantitative estimate of drug-likeness (QED) is 0.844. The molecule has 19 heavy (non-hydrogen) atoms. The highest BCUT2D eigenvalue weighted by Crippen LogP contribution is 2.29. The Kier molecular flexibility index (Phi) is 4.06. The van der Waals surface area contributed by atoms with E-state index in [0.29, 0.717) is 11.4 Å². The van der Waals surface area contributed by atoms with Crippen LogP contribution in [0.1, 0.15) is 11.1 Å². The zero-order chi connectivity index (χ0) is 13.8. The minimum Gasteiger partial charge on any atom is -0.506 e. The van der Waals surface area contributed by atoms with E-state index in [9.17, 15) is 9.32 Å². The van der Waals surface area contributed by atoms with Crippen molar-refractivity contribution in [2.75, 3.05) is 4.72 Å². The van der Waals surface area contributed by atoms with Crippen LogP contribution in [0.2, 0.25) is 0 Å². The van der Waals surface area contributed by atoms with Crippen molar-refractivity contribution in [3.05, 3.63) is 53.6 Å². The minimum absolute atomic E-state index is 0.0579. The highest BCUT2D eigenvalue weighted by Gasteiger charge is 2.10. The van der Waals surface area contributed by atoms with E-state index in [4.69, 9.17) is 4.18 Å². The van der Waals surface area contributed by atoms with Gasteiger partial charge in [0.05, 0.1) is 5.69 Å². The Bertz CT molecular complexity index is 576. The molecule has 0 saturated heterocycles. The summed E-state index contributed by atoms with van der Waals surface area (Å²) in [6.07, 6.45) is 0. The molecule has 5 heteroatoms. The molecule has 2 N–H and O–H groups in total. The second-order valence-electron chi connectivity index (χ2n) is 4.21. The lowest BCUT2D eigenvalue weighted by Gasteiger charge is -2.11. The molecule has 0 bridgehead atoms. The summed E-state index contributed by atoms with van der Waals surface area (Å²) in [4.78, 5) is 0. The lowest BCUT2D eigenvalue weighted by atomic mass is 10.1. The molecule has 0 aliphatic carbocycles. The number of hydrogen-bond acceptors (Lipinski definition) is 3. The van der Waals surface area contributed by atoms with Gasteiger partial charge >= 0.3 is 11.3 Å². The van der Waals surface area contributed by atoms with Crippen LogP contribution in [0, 0.1) is 13.8 Å².